The summed E-state index contributed by atoms with van der Waals surface area (Å²) in [4.78, 5) is 70.3. The first-order valence-corrected chi connectivity index (χ1v) is 20.9. The van der Waals surface area contributed by atoms with Crippen LogP contribution < -0.4 is 21.3 Å². The highest BCUT2D eigenvalue weighted by atomic mass is 32.2. The van der Waals surface area contributed by atoms with E-state index < -0.39 is 67.8 Å². The van der Waals surface area contributed by atoms with Crippen molar-refractivity contribution in [3.05, 3.63) is 0 Å². The molecule has 280 valence electrons. The number of urea groups is 1. The molecular formula is C37H59N5O7S. The number of nitrogens with zero attached hydrogens (tertiary/aromatic N) is 1. The molecule has 13 heteroatoms. The smallest absolute Gasteiger partial charge is 0.315 e. The van der Waals surface area contributed by atoms with Crippen molar-refractivity contribution in [2.24, 2.45) is 28.6 Å². The molecule has 6 aliphatic rings. The highest BCUT2D eigenvalue weighted by molar-refractivity contribution is 7.92. The largest absolute Gasteiger partial charge is 0.347 e. The summed E-state index contributed by atoms with van der Waals surface area (Å²) in [6.45, 7) is 10.1. The number of rotatable bonds is 12. The third-order valence-corrected chi connectivity index (χ3v) is 15.2. The van der Waals surface area contributed by atoms with E-state index in [-0.39, 0.29) is 35.0 Å². The van der Waals surface area contributed by atoms with Crippen LogP contribution in [0.5, 0.6) is 0 Å². The first-order chi connectivity index (χ1) is 23.4. The summed E-state index contributed by atoms with van der Waals surface area (Å²) in [5, 5.41) is 11.1. The van der Waals surface area contributed by atoms with Gasteiger partial charge in [-0.05, 0) is 80.0 Å². The minimum Gasteiger partial charge on any atom is -0.347 e. The second-order valence-electron chi connectivity index (χ2n) is 18.0. The van der Waals surface area contributed by atoms with Gasteiger partial charge in [0, 0.05) is 12.6 Å². The highest BCUT2D eigenvalue weighted by Crippen LogP contribution is 2.65. The normalized spacial score (nSPS) is 30.6. The Kier molecular flexibility index (Phi) is 10.2. The molecule has 0 radical (unpaired) electrons. The lowest BCUT2D eigenvalue weighted by atomic mass is 9.77. The van der Waals surface area contributed by atoms with E-state index in [1.54, 1.807) is 4.90 Å². The summed E-state index contributed by atoms with van der Waals surface area (Å²) in [5.74, 6) is -1.55. The van der Waals surface area contributed by atoms with Gasteiger partial charge in [0.2, 0.25) is 17.6 Å². The summed E-state index contributed by atoms with van der Waals surface area (Å²) in [6.07, 6.45) is 10.7. The number of nitrogens with one attached hydrogen (secondary N) is 4. The first kappa shape index (κ1) is 37.1. The van der Waals surface area contributed by atoms with Crippen LogP contribution in [0.1, 0.15) is 125 Å². The molecular weight excluding hydrogens is 659 g/mol. The van der Waals surface area contributed by atoms with Crippen molar-refractivity contribution in [2.45, 2.75) is 159 Å². The molecule has 0 aromatic heterocycles. The lowest BCUT2D eigenvalue weighted by molar-refractivity contribution is -0.145. The van der Waals surface area contributed by atoms with Gasteiger partial charge in [0.15, 0.2) is 9.84 Å². The third-order valence-electron chi connectivity index (χ3n) is 12.8. The fraction of sp³-hybridized carbons (Fsp3) is 0.865. The van der Waals surface area contributed by atoms with Crippen molar-refractivity contribution in [1.82, 2.24) is 26.2 Å². The highest BCUT2D eigenvalue weighted by Gasteiger charge is 2.70. The van der Waals surface area contributed by atoms with Crippen LogP contribution in [0, 0.1) is 28.6 Å². The molecule has 0 aromatic carbocycles. The van der Waals surface area contributed by atoms with Crippen molar-refractivity contribution < 1.29 is 32.4 Å². The van der Waals surface area contributed by atoms with Gasteiger partial charge in [-0.25, -0.2) is 13.2 Å². The monoisotopic (exact) mass is 717 g/mol. The van der Waals surface area contributed by atoms with Gasteiger partial charge in [-0.3, -0.25) is 19.2 Å². The fourth-order valence-electron chi connectivity index (χ4n) is 9.28. The van der Waals surface area contributed by atoms with E-state index in [0.717, 1.165) is 57.8 Å². The molecule has 50 heavy (non-hydrogen) atoms. The molecule has 5 amide bonds. The zero-order valence-electron chi connectivity index (χ0n) is 30.6. The van der Waals surface area contributed by atoms with Crippen LogP contribution in [-0.4, -0.2) is 90.1 Å². The average Bonchev–Trinajstić information content (AvgIpc) is 4.00. The van der Waals surface area contributed by atoms with Crippen molar-refractivity contribution >= 4 is 39.4 Å². The number of fused-ring (bicyclic) bond motifs is 1. The number of ketones is 1. The van der Waals surface area contributed by atoms with Crippen LogP contribution in [0.4, 0.5) is 4.79 Å². The molecule has 0 aromatic rings. The van der Waals surface area contributed by atoms with Crippen molar-refractivity contribution in [3.8, 4) is 0 Å². The topological polar surface area (TPSA) is 171 Å². The second-order valence-corrected chi connectivity index (χ2v) is 20.4. The number of likely N-dealkylation sites (tertiary alicyclic amines) is 1. The molecule has 2 aliphatic heterocycles. The van der Waals surface area contributed by atoms with Gasteiger partial charge >= 0.3 is 6.03 Å². The van der Waals surface area contributed by atoms with Crippen LogP contribution in [0.2, 0.25) is 0 Å². The van der Waals surface area contributed by atoms with Crippen molar-refractivity contribution in [3.63, 3.8) is 0 Å². The number of carbonyl (C=O) groups is 5. The minimum absolute atomic E-state index is 0.0151. The van der Waals surface area contributed by atoms with E-state index >= 15 is 0 Å². The van der Waals surface area contributed by atoms with E-state index in [1.165, 1.54) is 0 Å². The maximum atomic E-state index is 14.6. The van der Waals surface area contributed by atoms with Gasteiger partial charge in [-0.1, -0.05) is 73.1 Å². The van der Waals surface area contributed by atoms with E-state index in [2.05, 4.69) is 35.1 Å². The predicted octanol–water partition coefficient (Wildman–Crippen LogP) is 3.38. The van der Waals surface area contributed by atoms with E-state index in [1.807, 2.05) is 20.8 Å². The third kappa shape index (κ3) is 7.72. The zero-order valence-corrected chi connectivity index (χ0v) is 31.5. The Labute approximate surface area is 297 Å². The molecule has 2 heterocycles. The molecule has 12 nitrogen and oxygen atoms in total. The Balaban J connectivity index is 1.19. The van der Waals surface area contributed by atoms with Crippen molar-refractivity contribution in [2.75, 3.05) is 12.3 Å². The fourth-order valence-corrected chi connectivity index (χ4v) is 11.7. The van der Waals surface area contributed by atoms with Crippen LogP contribution in [-0.2, 0) is 29.0 Å². The van der Waals surface area contributed by atoms with Crippen LogP contribution in [0.3, 0.4) is 0 Å². The standard InChI is InChI=1S/C37H59N5O7S/c1-35(2,3)30(40-34(47)41-37(18-8-6-9-19-37)26-11-7-10-20-50(26,48)49)33(46)42-21-24-27(36(24,4)5)28(42)31(44)39-25(17-14-22-12-13-22)29(43)32(45)38-23-15-16-23/h22-28,30H,6-21H2,1-5H3,(H,38,45)(H,39,44)(H2,40,41,47)/t24-,25-,26+,27-,28-,30+/m0/s1. The summed E-state index contributed by atoms with van der Waals surface area (Å²) in [7, 11) is -3.38. The Morgan fingerprint density at radius 3 is 2.16 bits per heavy atom. The van der Waals surface area contributed by atoms with Crippen molar-refractivity contribution in [1.29, 1.82) is 0 Å². The van der Waals surface area contributed by atoms with E-state index in [0.29, 0.717) is 44.6 Å². The molecule has 2 saturated heterocycles. The maximum Gasteiger partial charge on any atom is 0.315 e. The van der Waals surface area contributed by atoms with Crippen LogP contribution in [0.25, 0.3) is 0 Å². The predicted molar refractivity (Wildman–Crippen MR) is 188 cm³/mol. The van der Waals surface area contributed by atoms with Gasteiger partial charge in [0.1, 0.15) is 12.1 Å². The van der Waals surface area contributed by atoms with Crippen LogP contribution >= 0.6 is 0 Å². The van der Waals surface area contributed by atoms with Gasteiger partial charge in [0.05, 0.1) is 22.6 Å². The molecule has 0 unspecified atom stereocenters. The molecule has 6 atom stereocenters. The number of amides is 5. The molecule has 4 saturated carbocycles. The molecule has 6 rings (SSSR count). The summed E-state index contributed by atoms with van der Waals surface area (Å²) in [6, 6.07) is -3.37. The average molecular weight is 718 g/mol. The zero-order chi connectivity index (χ0) is 36.2. The second kappa shape index (κ2) is 13.7. The number of piperidine rings is 1. The van der Waals surface area contributed by atoms with Gasteiger partial charge in [-0.15, -0.1) is 0 Å². The Bertz CT molecular complexity index is 1470. The summed E-state index contributed by atoms with van der Waals surface area (Å²) in [5.41, 5.74) is -1.81. The number of hydrogen-bond donors (Lipinski definition) is 4. The first-order valence-electron chi connectivity index (χ1n) is 19.2. The van der Waals surface area contributed by atoms with E-state index in [9.17, 15) is 32.4 Å². The Hall–Kier alpha value is -2.70. The Morgan fingerprint density at radius 2 is 1.56 bits per heavy atom. The number of carbonyl (C=O) groups excluding carboxylic acids is 5. The summed E-state index contributed by atoms with van der Waals surface area (Å²) >= 11 is 0. The lowest BCUT2D eigenvalue weighted by Crippen LogP contribution is -2.66. The maximum absolute atomic E-state index is 14.6. The molecule has 0 bridgehead atoms. The Morgan fingerprint density at radius 1 is 0.880 bits per heavy atom. The molecule has 6 fully saturated rings. The number of sulfone groups is 1. The van der Waals surface area contributed by atoms with Gasteiger partial charge in [-0.2, -0.15) is 0 Å². The minimum atomic E-state index is -3.38. The summed E-state index contributed by atoms with van der Waals surface area (Å²) < 4.78 is 26.6. The molecule has 4 aliphatic carbocycles. The van der Waals surface area contributed by atoms with Gasteiger partial charge in [0.25, 0.3) is 5.91 Å². The number of Topliss-reactive ketones (excluding diaryl/α,β-unsaturated/α-hetero) is 1. The SMILES string of the molecule is CC(C)(C)[C@H](NC(=O)NC1([C@H]2CCCCS2(=O)=O)CCCCC1)C(=O)N1C[C@H]2[C@@H]([C@H]1C(=O)N[C@@H](CCC1CC1)C(=O)C(=O)NC1CC1)C2(C)C. The molecule has 4 N–H and O–H groups in total. The lowest BCUT2D eigenvalue weighted by Gasteiger charge is -2.45. The van der Waals surface area contributed by atoms with E-state index in [4.69, 9.17) is 0 Å². The van der Waals surface area contributed by atoms with Crippen LogP contribution in [0.15, 0.2) is 0 Å². The number of hydrogen-bond acceptors (Lipinski definition) is 7. The van der Waals surface area contributed by atoms with Gasteiger partial charge < -0.3 is 26.2 Å². The quantitative estimate of drug-likeness (QED) is 0.224. The molecule has 0 spiro atoms.